The van der Waals surface area contributed by atoms with Gasteiger partial charge in [-0.1, -0.05) is 88.5 Å². The molecule has 4 N–H and O–H groups in total. The first-order valence-electron chi connectivity index (χ1n) is 19.5. The molecular formula is C43H67NO10. The quantitative estimate of drug-likeness (QED) is 0.0345. The molecule has 0 saturated heterocycles. The maximum Gasteiger partial charge on any atom is 0.340 e. The number of carbonyl (C=O) groups excluding carboxylic acids is 3. The minimum absolute atomic E-state index is 0.114. The monoisotopic (exact) mass is 757 g/mol. The van der Waals surface area contributed by atoms with E-state index in [4.69, 9.17) is 14.2 Å². The lowest BCUT2D eigenvalue weighted by atomic mass is 9.82. The summed E-state index contributed by atoms with van der Waals surface area (Å²) in [6.45, 7) is 13.7. The van der Waals surface area contributed by atoms with Crippen molar-refractivity contribution < 1.29 is 48.7 Å². The van der Waals surface area contributed by atoms with Crippen LogP contribution in [0.3, 0.4) is 0 Å². The second-order valence-electron chi connectivity index (χ2n) is 15.9. The molecule has 1 amide bonds. The van der Waals surface area contributed by atoms with Gasteiger partial charge in [0.05, 0.1) is 18.4 Å². The predicted molar refractivity (Wildman–Crippen MR) is 210 cm³/mol. The number of esters is 2. The third-order valence-electron chi connectivity index (χ3n) is 8.48. The van der Waals surface area contributed by atoms with Gasteiger partial charge < -0.3 is 34.8 Å². The lowest BCUT2D eigenvalue weighted by molar-refractivity contribution is -0.190. The third-order valence-corrected chi connectivity index (χ3v) is 8.48. The van der Waals surface area contributed by atoms with Crippen LogP contribution in [0.15, 0.2) is 36.4 Å². The van der Waals surface area contributed by atoms with Gasteiger partial charge in [0.15, 0.2) is 5.60 Å². The summed E-state index contributed by atoms with van der Waals surface area (Å²) in [6.07, 6.45) is 12.9. The Kier molecular flexibility index (Phi) is 21.9. The number of unbranched alkanes of at least 4 members (excludes halogenated alkanes) is 8. The molecule has 0 radical (unpaired) electrons. The Morgan fingerprint density at radius 1 is 0.852 bits per heavy atom. The predicted octanol–water partition coefficient (Wildman–Crippen LogP) is 7.24. The van der Waals surface area contributed by atoms with Crippen molar-refractivity contribution in [3.63, 3.8) is 0 Å². The number of hydrogen-bond acceptors (Lipinski definition) is 9. The zero-order valence-corrected chi connectivity index (χ0v) is 34.0. The van der Waals surface area contributed by atoms with Crippen LogP contribution in [-0.2, 0) is 35.1 Å². The molecule has 0 aliphatic carbocycles. The van der Waals surface area contributed by atoms with Crippen molar-refractivity contribution in [3.05, 3.63) is 42.0 Å². The Morgan fingerprint density at radius 3 is 1.96 bits per heavy atom. The van der Waals surface area contributed by atoms with Crippen LogP contribution >= 0.6 is 0 Å². The summed E-state index contributed by atoms with van der Waals surface area (Å²) in [7, 11) is 0. The standard InChI is InChI=1S/C43H67NO10/c1-9-11-13-16-19-22-33(45)23-20-17-14-15-18-21-24-35(43(51,40(50)54-42(6,7)8)31-37(46)53-41(3,4)5)38(47)44-36(39(48)49)30-32-25-27-34(28-26-32)52-29-12-10-2/h21,24-28,33,35-36,45,51H,9,11,13-20,22-23,29-31H2,1-8H3,(H,44,47)(H,48,49)/t33?,35-,36+,43+/m1/s1. The van der Waals surface area contributed by atoms with Gasteiger partial charge in [-0.25, -0.2) is 9.59 Å². The summed E-state index contributed by atoms with van der Waals surface area (Å²) in [5, 5.41) is 35.0. The zero-order valence-electron chi connectivity index (χ0n) is 34.0. The number of carbonyl (C=O) groups is 4. The highest BCUT2D eigenvalue weighted by Crippen LogP contribution is 2.30. The molecule has 1 unspecified atom stereocenters. The maximum absolute atomic E-state index is 14.0. The largest absolute Gasteiger partial charge is 0.481 e. The van der Waals surface area contributed by atoms with Crippen molar-refractivity contribution in [2.75, 3.05) is 6.61 Å². The fraction of sp³-hybridized carbons (Fsp3) is 0.674. The van der Waals surface area contributed by atoms with Gasteiger partial charge in [0, 0.05) is 6.42 Å². The first-order chi connectivity index (χ1) is 25.3. The topological polar surface area (TPSA) is 169 Å². The molecule has 1 rings (SSSR count). The van der Waals surface area contributed by atoms with E-state index < -0.39 is 59.0 Å². The number of benzene rings is 1. The summed E-state index contributed by atoms with van der Waals surface area (Å²) in [4.78, 5) is 53.2. The van der Waals surface area contributed by atoms with E-state index in [9.17, 15) is 34.5 Å². The molecule has 0 fully saturated rings. The van der Waals surface area contributed by atoms with Crippen molar-refractivity contribution in [1.29, 1.82) is 0 Å². The van der Waals surface area contributed by atoms with Crippen LogP contribution in [0.25, 0.3) is 0 Å². The van der Waals surface area contributed by atoms with Crippen LogP contribution in [0.1, 0.15) is 144 Å². The van der Waals surface area contributed by atoms with Gasteiger partial charge >= 0.3 is 17.9 Å². The van der Waals surface area contributed by atoms with E-state index >= 15 is 0 Å². The second-order valence-corrected chi connectivity index (χ2v) is 15.9. The average Bonchev–Trinajstić information content (AvgIpc) is 3.06. The van der Waals surface area contributed by atoms with E-state index in [-0.39, 0.29) is 19.1 Å². The molecule has 0 spiro atoms. The first kappa shape index (κ1) is 48.1. The number of nitrogens with one attached hydrogen (secondary N) is 1. The minimum atomic E-state index is -2.73. The van der Waals surface area contributed by atoms with Gasteiger partial charge in [0.25, 0.3) is 0 Å². The second kappa shape index (κ2) is 24.5. The first-order valence-corrected chi connectivity index (χ1v) is 19.5. The fourth-order valence-corrected chi connectivity index (χ4v) is 5.70. The molecule has 0 aliphatic rings. The lowest BCUT2D eigenvalue weighted by Gasteiger charge is -2.35. The number of allylic oxidation sites excluding steroid dienone is 1. The molecule has 0 bridgehead atoms. The molecule has 0 aromatic heterocycles. The Balaban J connectivity index is 3.22. The highest BCUT2D eigenvalue weighted by atomic mass is 16.6. The van der Waals surface area contributed by atoms with Crippen LogP contribution in [0.2, 0.25) is 0 Å². The van der Waals surface area contributed by atoms with Crippen molar-refractivity contribution in [1.82, 2.24) is 5.32 Å². The number of carboxylic acids is 1. The number of aliphatic hydroxyl groups is 2. The van der Waals surface area contributed by atoms with Gasteiger partial charge in [0.2, 0.25) is 5.91 Å². The number of carboxylic acid groups (broad SMARTS) is 1. The van der Waals surface area contributed by atoms with E-state index in [1.165, 1.54) is 25.3 Å². The lowest BCUT2D eigenvalue weighted by Crippen LogP contribution is -2.57. The molecule has 11 nitrogen and oxygen atoms in total. The van der Waals surface area contributed by atoms with Crippen molar-refractivity contribution in [2.45, 2.75) is 174 Å². The highest BCUT2D eigenvalue weighted by molar-refractivity contribution is 5.95. The van der Waals surface area contributed by atoms with Gasteiger partial charge in [-0.15, -0.1) is 5.92 Å². The summed E-state index contributed by atoms with van der Waals surface area (Å²) in [5.74, 6) is -0.0970. The molecule has 0 heterocycles. The van der Waals surface area contributed by atoms with Crippen LogP contribution < -0.4 is 10.1 Å². The molecule has 4 atom stereocenters. The summed E-state index contributed by atoms with van der Waals surface area (Å²) in [6, 6.07) is 5.23. The highest BCUT2D eigenvalue weighted by Gasteiger charge is 2.51. The van der Waals surface area contributed by atoms with E-state index in [0.29, 0.717) is 17.7 Å². The van der Waals surface area contributed by atoms with Crippen LogP contribution in [0.4, 0.5) is 0 Å². The number of hydrogen-bond donors (Lipinski definition) is 4. The smallest absolute Gasteiger partial charge is 0.340 e. The Morgan fingerprint density at radius 2 is 1.43 bits per heavy atom. The third kappa shape index (κ3) is 20.5. The summed E-state index contributed by atoms with van der Waals surface area (Å²) >= 11 is 0. The van der Waals surface area contributed by atoms with Gasteiger partial charge in [0.1, 0.15) is 29.6 Å². The average molecular weight is 758 g/mol. The van der Waals surface area contributed by atoms with Crippen molar-refractivity contribution in [2.24, 2.45) is 5.92 Å². The molecule has 1 aromatic rings. The summed E-state index contributed by atoms with van der Waals surface area (Å²) in [5.41, 5.74) is -4.19. The van der Waals surface area contributed by atoms with Crippen LogP contribution in [-0.4, -0.2) is 74.7 Å². The minimum Gasteiger partial charge on any atom is -0.481 e. The van der Waals surface area contributed by atoms with Crippen molar-refractivity contribution in [3.8, 4) is 17.6 Å². The van der Waals surface area contributed by atoms with Gasteiger partial charge in [-0.05, 0) is 91.8 Å². The molecule has 0 saturated carbocycles. The van der Waals surface area contributed by atoms with Gasteiger partial charge in [-0.3, -0.25) is 9.59 Å². The fourth-order valence-electron chi connectivity index (χ4n) is 5.70. The number of aliphatic carboxylic acids is 1. The number of rotatable bonds is 25. The molecular weight excluding hydrogens is 690 g/mol. The van der Waals surface area contributed by atoms with E-state index in [0.717, 1.165) is 51.4 Å². The van der Waals surface area contributed by atoms with Crippen molar-refractivity contribution >= 4 is 23.8 Å². The zero-order chi connectivity index (χ0) is 40.8. The number of aliphatic hydroxyl groups excluding tert-OH is 1. The molecule has 0 aliphatic heterocycles. The Hall–Kier alpha value is -3.88. The van der Waals surface area contributed by atoms with E-state index in [1.807, 2.05) is 0 Å². The normalized spacial score (nSPS) is 14.6. The van der Waals surface area contributed by atoms with E-state index in [1.54, 1.807) is 78.8 Å². The molecule has 304 valence electrons. The Labute approximate surface area is 323 Å². The van der Waals surface area contributed by atoms with Crippen LogP contribution in [0, 0.1) is 17.8 Å². The van der Waals surface area contributed by atoms with Crippen LogP contribution in [0.5, 0.6) is 5.75 Å². The molecule has 1 aromatic carbocycles. The van der Waals surface area contributed by atoms with Gasteiger partial charge in [-0.2, -0.15) is 0 Å². The number of amides is 1. The summed E-state index contributed by atoms with van der Waals surface area (Å²) < 4.78 is 16.5. The number of ether oxygens (including phenoxy) is 3. The SMILES string of the molecule is CC#CCOc1ccc(C[C@H](NC(=O)[C@@H](C=CCCCCCCC(O)CCCCCCC)[C@@](O)(CC(=O)OC(C)(C)C)C(=O)OC(C)(C)C)C(=O)O)cc1. The van der Waals surface area contributed by atoms with E-state index in [2.05, 4.69) is 24.1 Å². The maximum atomic E-state index is 14.0. The Bertz CT molecular complexity index is 1380. The molecule has 11 heteroatoms. The molecule has 54 heavy (non-hydrogen) atoms.